The number of hydrogen-bond donors (Lipinski definition) is 0. The molecular weight excluding hydrogens is 162 g/mol. The van der Waals surface area contributed by atoms with Gasteiger partial charge in [-0.1, -0.05) is 19.8 Å². The second-order valence-electron chi connectivity index (χ2n) is 3.87. The Kier molecular flexibility index (Phi) is 6.21. The first-order valence-corrected chi connectivity index (χ1v) is 5.73. The van der Waals surface area contributed by atoms with Crippen molar-refractivity contribution in [3.05, 3.63) is 0 Å². The first kappa shape index (κ1) is 11.0. The molecule has 1 aliphatic heterocycles. The average Bonchev–Trinajstić information content (AvgIpc) is 2.19. The molecule has 0 aromatic carbocycles. The van der Waals surface area contributed by atoms with Gasteiger partial charge < -0.3 is 9.64 Å². The van der Waals surface area contributed by atoms with E-state index in [4.69, 9.17) is 4.74 Å². The van der Waals surface area contributed by atoms with Crippen LogP contribution in [-0.4, -0.2) is 37.7 Å². The Labute approximate surface area is 82.3 Å². The maximum Gasteiger partial charge on any atom is 0.0593 e. The van der Waals surface area contributed by atoms with Gasteiger partial charge in [-0.2, -0.15) is 0 Å². The van der Waals surface area contributed by atoms with Gasteiger partial charge in [-0.25, -0.2) is 0 Å². The molecular formula is C11H23NO. The number of piperidine rings is 1. The predicted octanol–water partition coefficient (Wildman–Crippen LogP) is 2.29. The lowest BCUT2D eigenvalue weighted by molar-refractivity contribution is 0.0947. The van der Waals surface area contributed by atoms with Crippen molar-refractivity contribution < 1.29 is 4.74 Å². The van der Waals surface area contributed by atoms with Crippen molar-refractivity contribution in [3.8, 4) is 0 Å². The molecule has 0 atom stereocenters. The van der Waals surface area contributed by atoms with E-state index in [9.17, 15) is 0 Å². The highest BCUT2D eigenvalue weighted by atomic mass is 16.5. The third-order valence-electron chi connectivity index (χ3n) is 2.64. The molecule has 1 fully saturated rings. The smallest absolute Gasteiger partial charge is 0.0593 e. The van der Waals surface area contributed by atoms with Gasteiger partial charge in [0.1, 0.15) is 0 Å². The molecule has 1 saturated heterocycles. The molecule has 1 aliphatic rings. The molecule has 0 unspecified atom stereocenters. The fourth-order valence-electron chi connectivity index (χ4n) is 1.73. The fourth-order valence-corrected chi connectivity index (χ4v) is 1.73. The van der Waals surface area contributed by atoms with Crippen molar-refractivity contribution >= 4 is 0 Å². The summed E-state index contributed by atoms with van der Waals surface area (Å²) in [6.07, 6.45) is 6.64. The van der Waals surface area contributed by atoms with Gasteiger partial charge in [0.05, 0.1) is 6.61 Å². The monoisotopic (exact) mass is 185 g/mol. The molecule has 0 aromatic rings. The van der Waals surface area contributed by atoms with Crippen LogP contribution in [-0.2, 0) is 4.74 Å². The minimum atomic E-state index is 0.931. The normalized spacial score (nSPS) is 19.2. The molecule has 0 amide bonds. The average molecular weight is 185 g/mol. The summed E-state index contributed by atoms with van der Waals surface area (Å²) in [6, 6.07) is 0. The number of nitrogens with zero attached hydrogens (tertiary/aromatic N) is 1. The Hall–Kier alpha value is -0.0800. The summed E-state index contributed by atoms with van der Waals surface area (Å²) in [5.41, 5.74) is 0. The van der Waals surface area contributed by atoms with E-state index in [-0.39, 0.29) is 0 Å². The van der Waals surface area contributed by atoms with Crippen molar-refractivity contribution in [3.63, 3.8) is 0 Å². The van der Waals surface area contributed by atoms with Gasteiger partial charge >= 0.3 is 0 Å². The minimum absolute atomic E-state index is 0.931. The van der Waals surface area contributed by atoms with E-state index in [0.29, 0.717) is 0 Å². The zero-order valence-electron chi connectivity index (χ0n) is 8.93. The first-order chi connectivity index (χ1) is 6.43. The molecule has 1 rings (SSSR count). The van der Waals surface area contributed by atoms with Crippen LogP contribution in [0, 0.1) is 0 Å². The fraction of sp³-hybridized carbons (Fsp3) is 1.00. The summed E-state index contributed by atoms with van der Waals surface area (Å²) in [4.78, 5) is 2.52. The van der Waals surface area contributed by atoms with Crippen LogP contribution < -0.4 is 0 Å². The van der Waals surface area contributed by atoms with Gasteiger partial charge in [-0.3, -0.25) is 0 Å². The van der Waals surface area contributed by atoms with E-state index in [1.807, 2.05) is 0 Å². The van der Waals surface area contributed by atoms with Gasteiger partial charge in [0.2, 0.25) is 0 Å². The van der Waals surface area contributed by atoms with E-state index < -0.39 is 0 Å². The van der Waals surface area contributed by atoms with Gasteiger partial charge in [-0.15, -0.1) is 0 Å². The SMILES string of the molecule is CCCCOCCN1CCCCC1. The number of rotatable bonds is 6. The standard InChI is InChI=1S/C11H23NO/c1-2-3-10-13-11-9-12-7-5-4-6-8-12/h2-11H2,1H3. The maximum absolute atomic E-state index is 5.54. The molecule has 0 spiro atoms. The lowest BCUT2D eigenvalue weighted by Gasteiger charge is -2.26. The molecule has 0 radical (unpaired) electrons. The summed E-state index contributed by atoms with van der Waals surface area (Å²) in [5, 5.41) is 0. The lowest BCUT2D eigenvalue weighted by atomic mass is 10.1. The van der Waals surface area contributed by atoms with Gasteiger partial charge in [0.15, 0.2) is 0 Å². The van der Waals surface area contributed by atoms with Crippen LogP contribution in [0.15, 0.2) is 0 Å². The Balaban J connectivity index is 1.86. The Morgan fingerprint density at radius 1 is 1.08 bits per heavy atom. The highest BCUT2D eigenvalue weighted by molar-refractivity contribution is 4.63. The van der Waals surface area contributed by atoms with E-state index in [2.05, 4.69) is 11.8 Å². The van der Waals surface area contributed by atoms with E-state index >= 15 is 0 Å². The Morgan fingerprint density at radius 3 is 2.54 bits per heavy atom. The number of likely N-dealkylation sites (tertiary alicyclic amines) is 1. The third kappa shape index (κ3) is 5.27. The maximum atomic E-state index is 5.54. The molecule has 13 heavy (non-hydrogen) atoms. The van der Waals surface area contributed by atoms with Crippen LogP contribution in [0.4, 0.5) is 0 Å². The molecule has 0 aromatic heterocycles. The zero-order chi connectivity index (χ0) is 9.36. The second-order valence-corrected chi connectivity index (χ2v) is 3.87. The summed E-state index contributed by atoms with van der Waals surface area (Å²) < 4.78 is 5.54. The van der Waals surface area contributed by atoms with E-state index in [1.165, 1.54) is 45.2 Å². The van der Waals surface area contributed by atoms with Crippen molar-refractivity contribution in [2.45, 2.75) is 39.0 Å². The topological polar surface area (TPSA) is 12.5 Å². The van der Waals surface area contributed by atoms with Crippen LogP contribution >= 0.6 is 0 Å². The molecule has 0 aliphatic carbocycles. The van der Waals surface area contributed by atoms with Crippen LogP contribution in [0.2, 0.25) is 0 Å². The van der Waals surface area contributed by atoms with Crippen LogP contribution in [0.25, 0.3) is 0 Å². The number of hydrogen-bond acceptors (Lipinski definition) is 2. The van der Waals surface area contributed by atoms with Crippen LogP contribution in [0.3, 0.4) is 0 Å². The van der Waals surface area contributed by atoms with E-state index in [0.717, 1.165) is 19.8 Å². The zero-order valence-corrected chi connectivity index (χ0v) is 8.93. The third-order valence-corrected chi connectivity index (χ3v) is 2.64. The molecule has 78 valence electrons. The minimum Gasteiger partial charge on any atom is -0.380 e. The quantitative estimate of drug-likeness (QED) is 0.589. The summed E-state index contributed by atoms with van der Waals surface area (Å²) >= 11 is 0. The number of unbranched alkanes of at least 4 members (excludes halogenated alkanes) is 1. The van der Waals surface area contributed by atoms with Crippen molar-refractivity contribution in [2.75, 3.05) is 32.8 Å². The largest absolute Gasteiger partial charge is 0.380 e. The molecule has 2 heteroatoms. The predicted molar refractivity (Wildman–Crippen MR) is 56.0 cm³/mol. The molecule has 1 heterocycles. The second kappa shape index (κ2) is 7.34. The molecule has 0 bridgehead atoms. The molecule has 0 saturated carbocycles. The van der Waals surface area contributed by atoms with Gasteiger partial charge in [-0.05, 0) is 32.4 Å². The summed E-state index contributed by atoms with van der Waals surface area (Å²) in [7, 11) is 0. The van der Waals surface area contributed by atoms with Gasteiger partial charge in [0, 0.05) is 13.2 Å². The highest BCUT2D eigenvalue weighted by Crippen LogP contribution is 2.07. The van der Waals surface area contributed by atoms with E-state index in [1.54, 1.807) is 0 Å². The van der Waals surface area contributed by atoms with Crippen LogP contribution in [0.1, 0.15) is 39.0 Å². The van der Waals surface area contributed by atoms with Crippen molar-refractivity contribution in [1.82, 2.24) is 4.90 Å². The van der Waals surface area contributed by atoms with Crippen LogP contribution in [0.5, 0.6) is 0 Å². The summed E-state index contributed by atoms with van der Waals surface area (Å²) in [6.45, 7) is 7.80. The highest BCUT2D eigenvalue weighted by Gasteiger charge is 2.08. The number of ether oxygens (including phenoxy) is 1. The first-order valence-electron chi connectivity index (χ1n) is 5.73. The Morgan fingerprint density at radius 2 is 1.85 bits per heavy atom. The molecule has 0 N–H and O–H groups in total. The molecule has 2 nitrogen and oxygen atoms in total. The van der Waals surface area contributed by atoms with Crippen molar-refractivity contribution in [2.24, 2.45) is 0 Å². The summed E-state index contributed by atoms with van der Waals surface area (Å²) in [5.74, 6) is 0. The van der Waals surface area contributed by atoms with Crippen molar-refractivity contribution in [1.29, 1.82) is 0 Å². The Bertz CT molecular complexity index is 111. The lowest BCUT2D eigenvalue weighted by Crippen LogP contribution is -2.32. The van der Waals surface area contributed by atoms with Gasteiger partial charge in [0.25, 0.3) is 0 Å².